The molecule has 0 radical (unpaired) electrons. The van der Waals surface area contributed by atoms with Crippen molar-refractivity contribution in [3.05, 3.63) is 74.8 Å². The number of aromatic carboxylic acids is 1. The monoisotopic (exact) mass is 314 g/mol. The first-order chi connectivity index (χ1) is 10.5. The average molecular weight is 315 g/mol. The summed E-state index contributed by atoms with van der Waals surface area (Å²) in [6.07, 6.45) is 0.406. The summed E-state index contributed by atoms with van der Waals surface area (Å²) in [5.74, 6) is -0.692. The van der Waals surface area contributed by atoms with Crippen LogP contribution in [-0.2, 0) is 6.42 Å². The fourth-order valence-electron chi connectivity index (χ4n) is 2.34. The topological polar surface area (TPSA) is 83.0 Å². The zero-order chi connectivity index (χ0) is 15.7. The number of halogens is 1. The second-order valence-electron chi connectivity index (χ2n) is 4.82. The van der Waals surface area contributed by atoms with Crippen molar-refractivity contribution < 1.29 is 9.90 Å². The Bertz CT molecular complexity index is 934. The number of fused-ring (bicyclic) bond motifs is 1. The van der Waals surface area contributed by atoms with Gasteiger partial charge in [-0.25, -0.2) is 9.78 Å². The van der Waals surface area contributed by atoms with E-state index in [-0.39, 0.29) is 10.9 Å². The molecule has 0 saturated heterocycles. The highest BCUT2D eigenvalue weighted by atomic mass is 35.5. The molecule has 22 heavy (non-hydrogen) atoms. The SMILES string of the molecule is O=C(O)c1cccc2nc(Cc3cccc(Cl)c3)[nH]c(=O)c12. The highest BCUT2D eigenvalue weighted by Crippen LogP contribution is 2.16. The molecule has 3 aromatic rings. The zero-order valence-corrected chi connectivity index (χ0v) is 12.1. The van der Waals surface area contributed by atoms with E-state index in [0.717, 1.165) is 5.56 Å². The highest BCUT2D eigenvalue weighted by Gasteiger charge is 2.13. The number of benzene rings is 2. The minimum Gasteiger partial charge on any atom is -0.478 e. The number of hydrogen-bond donors (Lipinski definition) is 2. The minimum atomic E-state index is -1.15. The van der Waals surface area contributed by atoms with E-state index >= 15 is 0 Å². The third kappa shape index (κ3) is 2.71. The number of aromatic amines is 1. The molecule has 5 nitrogen and oxygen atoms in total. The number of nitrogens with one attached hydrogen (secondary N) is 1. The number of nitrogens with zero attached hydrogens (tertiary/aromatic N) is 1. The number of H-pyrrole nitrogens is 1. The molecule has 0 fully saturated rings. The maximum Gasteiger partial charge on any atom is 0.336 e. The lowest BCUT2D eigenvalue weighted by Crippen LogP contribution is -2.15. The van der Waals surface area contributed by atoms with E-state index in [0.29, 0.717) is 22.8 Å². The fraction of sp³-hybridized carbons (Fsp3) is 0.0625. The summed E-state index contributed by atoms with van der Waals surface area (Å²) in [5, 5.41) is 9.84. The van der Waals surface area contributed by atoms with Crippen LogP contribution in [0.25, 0.3) is 10.9 Å². The maximum atomic E-state index is 12.2. The van der Waals surface area contributed by atoms with Crippen molar-refractivity contribution in [2.24, 2.45) is 0 Å². The third-order valence-electron chi connectivity index (χ3n) is 3.27. The number of carboxylic acid groups (broad SMARTS) is 1. The van der Waals surface area contributed by atoms with Crippen LogP contribution in [0.3, 0.4) is 0 Å². The van der Waals surface area contributed by atoms with E-state index in [1.54, 1.807) is 24.3 Å². The van der Waals surface area contributed by atoms with Gasteiger partial charge in [-0.3, -0.25) is 4.79 Å². The predicted molar refractivity (Wildman–Crippen MR) is 83.6 cm³/mol. The summed E-state index contributed by atoms with van der Waals surface area (Å²) in [6, 6.07) is 11.8. The van der Waals surface area contributed by atoms with Crippen LogP contribution < -0.4 is 5.56 Å². The van der Waals surface area contributed by atoms with Crippen LogP contribution in [0.4, 0.5) is 0 Å². The molecular formula is C16H11ClN2O3. The normalized spacial score (nSPS) is 10.8. The van der Waals surface area contributed by atoms with Crippen molar-refractivity contribution in [3.8, 4) is 0 Å². The van der Waals surface area contributed by atoms with Gasteiger partial charge in [-0.2, -0.15) is 0 Å². The molecule has 0 spiro atoms. The van der Waals surface area contributed by atoms with Gasteiger partial charge in [-0.1, -0.05) is 29.8 Å². The van der Waals surface area contributed by atoms with Crippen LogP contribution in [-0.4, -0.2) is 21.0 Å². The van der Waals surface area contributed by atoms with Crippen molar-refractivity contribution in [2.45, 2.75) is 6.42 Å². The first kappa shape index (κ1) is 14.3. The van der Waals surface area contributed by atoms with Gasteiger partial charge >= 0.3 is 5.97 Å². The highest BCUT2D eigenvalue weighted by molar-refractivity contribution is 6.30. The fourth-order valence-corrected chi connectivity index (χ4v) is 2.55. The minimum absolute atomic E-state index is 0.0550. The Kier molecular flexibility index (Phi) is 3.65. The van der Waals surface area contributed by atoms with E-state index in [2.05, 4.69) is 9.97 Å². The lowest BCUT2D eigenvalue weighted by Gasteiger charge is -2.05. The van der Waals surface area contributed by atoms with E-state index < -0.39 is 11.5 Å². The van der Waals surface area contributed by atoms with Crippen molar-refractivity contribution in [1.82, 2.24) is 9.97 Å². The number of hydrogen-bond acceptors (Lipinski definition) is 3. The number of rotatable bonds is 3. The molecule has 0 aliphatic rings. The van der Waals surface area contributed by atoms with E-state index in [4.69, 9.17) is 16.7 Å². The van der Waals surface area contributed by atoms with Crippen LogP contribution in [0.5, 0.6) is 0 Å². The molecule has 2 N–H and O–H groups in total. The second kappa shape index (κ2) is 5.61. The van der Waals surface area contributed by atoms with Gasteiger partial charge in [-0.05, 0) is 29.8 Å². The van der Waals surface area contributed by atoms with Gasteiger partial charge < -0.3 is 10.1 Å². The van der Waals surface area contributed by atoms with Crippen molar-refractivity contribution >= 4 is 28.5 Å². The largest absolute Gasteiger partial charge is 0.478 e. The Morgan fingerprint density at radius 2 is 2.00 bits per heavy atom. The van der Waals surface area contributed by atoms with Gasteiger partial charge in [0.05, 0.1) is 16.5 Å². The molecule has 0 saturated carbocycles. The summed E-state index contributed by atoms with van der Waals surface area (Å²) in [5.41, 5.74) is 0.755. The first-order valence-corrected chi connectivity index (χ1v) is 6.92. The smallest absolute Gasteiger partial charge is 0.336 e. The van der Waals surface area contributed by atoms with Gasteiger partial charge in [-0.15, -0.1) is 0 Å². The molecule has 2 aromatic carbocycles. The quantitative estimate of drug-likeness (QED) is 0.778. The third-order valence-corrected chi connectivity index (χ3v) is 3.51. The molecular weight excluding hydrogens is 304 g/mol. The molecule has 0 aliphatic heterocycles. The zero-order valence-electron chi connectivity index (χ0n) is 11.3. The van der Waals surface area contributed by atoms with Crippen molar-refractivity contribution in [1.29, 1.82) is 0 Å². The lowest BCUT2D eigenvalue weighted by atomic mass is 10.1. The van der Waals surface area contributed by atoms with Crippen LogP contribution in [0, 0.1) is 0 Å². The molecule has 0 amide bonds. The molecule has 6 heteroatoms. The predicted octanol–water partition coefficient (Wildman–Crippen LogP) is 2.87. The second-order valence-corrected chi connectivity index (χ2v) is 5.26. The molecule has 1 aromatic heterocycles. The molecule has 0 atom stereocenters. The average Bonchev–Trinajstić information content (AvgIpc) is 2.46. The number of carboxylic acids is 1. The molecule has 0 bridgehead atoms. The van der Waals surface area contributed by atoms with Crippen LogP contribution in [0.15, 0.2) is 47.3 Å². The molecule has 1 heterocycles. The summed E-state index contributed by atoms with van der Waals surface area (Å²) in [7, 11) is 0. The van der Waals surface area contributed by atoms with Gasteiger partial charge in [0.2, 0.25) is 0 Å². The Morgan fingerprint density at radius 1 is 1.23 bits per heavy atom. The van der Waals surface area contributed by atoms with Crippen LogP contribution in [0.2, 0.25) is 5.02 Å². The Hall–Kier alpha value is -2.66. The van der Waals surface area contributed by atoms with Gasteiger partial charge in [0.25, 0.3) is 5.56 Å². The first-order valence-electron chi connectivity index (χ1n) is 6.54. The lowest BCUT2D eigenvalue weighted by molar-refractivity contribution is 0.0699. The van der Waals surface area contributed by atoms with E-state index in [1.807, 2.05) is 12.1 Å². The Labute approximate surface area is 130 Å². The Morgan fingerprint density at radius 3 is 2.73 bits per heavy atom. The number of aromatic nitrogens is 2. The summed E-state index contributed by atoms with van der Waals surface area (Å²) < 4.78 is 0. The van der Waals surface area contributed by atoms with Crippen molar-refractivity contribution in [2.75, 3.05) is 0 Å². The van der Waals surface area contributed by atoms with Gasteiger partial charge in [0.15, 0.2) is 0 Å². The van der Waals surface area contributed by atoms with E-state index in [9.17, 15) is 9.59 Å². The van der Waals surface area contributed by atoms with Gasteiger partial charge in [0.1, 0.15) is 5.82 Å². The molecule has 0 aliphatic carbocycles. The molecule has 3 rings (SSSR count). The van der Waals surface area contributed by atoms with E-state index in [1.165, 1.54) is 6.07 Å². The maximum absolute atomic E-state index is 12.2. The van der Waals surface area contributed by atoms with Crippen molar-refractivity contribution in [3.63, 3.8) is 0 Å². The summed E-state index contributed by atoms with van der Waals surface area (Å²) >= 11 is 5.94. The summed E-state index contributed by atoms with van der Waals surface area (Å²) in [4.78, 5) is 30.4. The number of carbonyl (C=O) groups is 1. The molecule has 0 unspecified atom stereocenters. The van der Waals surface area contributed by atoms with Gasteiger partial charge in [0, 0.05) is 11.4 Å². The standard InChI is InChI=1S/C16H11ClN2O3/c17-10-4-1-3-9(7-10)8-13-18-12-6-2-5-11(16(21)22)14(12)15(20)19-13/h1-7H,8H2,(H,21,22)(H,18,19,20). The Balaban J connectivity index is 2.10. The molecule has 110 valence electrons. The summed E-state index contributed by atoms with van der Waals surface area (Å²) in [6.45, 7) is 0. The van der Waals surface area contributed by atoms with Crippen LogP contribution >= 0.6 is 11.6 Å². The van der Waals surface area contributed by atoms with Crippen LogP contribution in [0.1, 0.15) is 21.7 Å².